The molecule has 1 aliphatic rings. The highest BCUT2D eigenvalue weighted by Gasteiger charge is 2.23. The second-order valence-corrected chi connectivity index (χ2v) is 6.66. The van der Waals surface area contributed by atoms with Gasteiger partial charge in [-0.25, -0.2) is 0 Å². The number of anilines is 2. The number of nitrogen functional groups attached to an aromatic ring is 1. The van der Waals surface area contributed by atoms with Crippen molar-refractivity contribution in [2.24, 2.45) is 0 Å². The molecule has 0 aliphatic carbocycles. The van der Waals surface area contributed by atoms with Gasteiger partial charge in [0.25, 0.3) is 0 Å². The molecule has 88 valence electrons. The maximum atomic E-state index is 6.23. The van der Waals surface area contributed by atoms with Crippen molar-refractivity contribution < 1.29 is 0 Å². The van der Waals surface area contributed by atoms with Gasteiger partial charge in [0, 0.05) is 29.3 Å². The Labute approximate surface area is 106 Å². The van der Waals surface area contributed by atoms with E-state index in [0.29, 0.717) is 10.5 Å². The maximum absolute atomic E-state index is 6.23. The van der Waals surface area contributed by atoms with Crippen molar-refractivity contribution in [1.82, 2.24) is 0 Å². The average Bonchev–Trinajstić information content (AvgIpc) is 2.15. The number of benzene rings is 1. The third kappa shape index (κ3) is 2.58. The number of nitrogens with zero attached hydrogens (tertiary/aromatic N) is 1. The molecule has 0 saturated carbocycles. The second-order valence-electron chi connectivity index (χ2n) is 4.37. The summed E-state index contributed by atoms with van der Waals surface area (Å²) in [6.07, 6.45) is 0. The van der Waals surface area contributed by atoms with Gasteiger partial charge in [0.1, 0.15) is 0 Å². The van der Waals surface area contributed by atoms with Crippen molar-refractivity contribution >= 4 is 34.7 Å². The molecule has 2 nitrogen and oxygen atoms in total. The van der Waals surface area contributed by atoms with E-state index in [-0.39, 0.29) is 0 Å². The van der Waals surface area contributed by atoms with Crippen LogP contribution in [-0.4, -0.2) is 23.6 Å². The van der Waals surface area contributed by atoms with Crippen molar-refractivity contribution in [2.45, 2.75) is 24.3 Å². The predicted molar refractivity (Wildman–Crippen MR) is 74.6 cm³/mol. The standard InChI is InChI=1S/C12H17ClN2S/c1-8-6-15(7-9(2)16-8)12-4-3-10(14)5-11(12)13/h3-5,8-9H,6-7,14H2,1-2H3. The number of rotatable bonds is 1. The monoisotopic (exact) mass is 256 g/mol. The summed E-state index contributed by atoms with van der Waals surface area (Å²) in [7, 11) is 0. The van der Waals surface area contributed by atoms with Crippen molar-refractivity contribution in [3.63, 3.8) is 0 Å². The van der Waals surface area contributed by atoms with E-state index in [4.69, 9.17) is 17.3 Å². The molecule has 1 fully saturated rings. The Bertz CT molecular complexity index is 373. The lowest BCUT2D eigenvalue weighted by molar-refractivity contribution is 0.728. The van der Waals surface area contributed by atoms with Crippen LogP contribution < -0.4 is 10.6 Å². The molecule has 0 amide bonds. The second kappa shape index (κ2) is 4.76. The Kier molecular flexibility index (Phi) is 3.55. The van der Waals surface area contributed by atoms with E-state index in [9.17, 15) is 0 Å². The lowest BCUT2D eigenvalue weighted by Crippen LogP contribution is -2.40. The lowest BCUT2D eigenvalue weighted by Gasteiger charge is -2.36. The van der Waals surface area contributed by atoms with Gasteiger partial charge in [-0.05, 0) is 18.2 Å². The first-order valence-electron chi connectivity index (χ1n) is 5.51. The van der Waals surface area contributed by atoms with Crippen LogP contribution in [-0.2, 0) is 0 Å². The number of hydrogen-bond acceptors (Lipinski definition) is 3. The molecular formula is C12H17ClN2S. The minimum absolute atomic E-state index is 0.650. The fourth-order valence-electron chi connectivity index (χ4n) is 2.15. The van der Waals surface area contributed by atoms with E-state index in [1.165, 1.54) is 0 Å². The zero-order chi connectivity index (χ0) is 11.7. The van der Waals surface area contributed by atoms with Crippen LogP contribution in [0.25, 0.3) is 0 Å². The summed E-state index contributed by atoms with van der Waals surface area (Å²) in [5.41, 5.74) is 7.53. The van der Waals surface area contributed by atoms with Gasteiger partial charge in [0.15, 0.2) is 0 Å². The Morgan fingerprint density at radius 1 is 1.31 bits per heavy atom. The quantitative estimate of drug-likeness (QED) is 0.782. The molecule has 1 aromatic rings. The first-order chi connectivity index (χ1) is 7.56. The zero-order valence-corrected chi connectivity index (χ0v) is 11.2. The summed E-state index contributed by atoms with van der Waals surface area (Å²) in [4.78, 5) is 2.35. The molecule has 0 bridgehead atoms. The van der Waals surface area contributed by atoms with E-state index >= 15 is 0 Å². The van der Waals surface area contributed by atoms with Crippen LogP contribution in [0.4, 0.5) is 11.4 Å². The van der Waals surface area contributed by atoms with Crippen LogP contribution in [0.2, 0.25) is 5.02 Å². The van der Waals surface area contributed by atoms with Gasteiger partial charge in [-0.2, -0.15) is 11.8 Å². The van der Waals surface area contributed by atoms with Gasteiger partial charge < -0.3 is 10.6 Å². The molecule has 4 heteroatoms. The molecule has 2 rings (SSSR count). The van der Waals surface area contributed by atoms with Gasteiger partial charge in [-0.1, -0.05) is 25.4 Å². The molecule has 16 heavy (non-hydrogen) atoms. The molecule has 1 saturated heterocycles. The van der Waals surface area contributed by atoms with Gasteiger partial charge in [0.05, 0.1) is 10.7 Å². The fraction of sp³-hybridized carbons (Fsp3) is 0.500. The number of thioether (sulfide) groups is 1. The summed E-state index contributed by atoms with van der Waals surface area (Å²) >= 11 is 8.27. The largest absolute Gasteiger partial charge is 0.399 e. The Balaban J connectivity index is 2.23. The molecule has 0 aromatic heterocycles. The highest BCUT2D eigenvalue weighted by atomic mass is 35.5. The van der Waals surface area contributed by atoms with Crippen LogP contribution in [0.1, 0.15) is 13.8 Å². The molecule has 0 spiro atoms. The SMILES string of the molecule is CC1CN(c2ccc(N)cc2Cl)CC(C)S1. The Morgan fingerprint density at radius 3 is 2.50 bits per heavy atom. The molecule has 1 heterocycles. The summed E-state index contributed by atoms with van der Waals surface area (Å²) in [5, 5.41) is 2.06. The minimum Gasteiger partial charge on any atom is -0.399 e. The highest BCUT2D eigenvalue weighted by molar-refractivity contribution is 8.00. The van der Waals surface area contributed by atoms with Crippen molar-refractivity contribution in [2.75, 3.05) is 23.7 Å². The summed E-state index contributed by atoms with van der Waals surface area (Å²) in [5.74, 6) is 0. The topological polar surface area (TPSA) is 29.3 Å². The van der Waals surface area contributed by atoms with Gasteiger partial charge >= 0.3 is 0 Å². The van der Waals surface area contributed by atoms with E-state index < -0.39 is 0 Å². The Hall–Kier alpha value is -0.540. The lowest BCUT2D eigenvalue weighted by atomic mass is 10.2. The van der Waals surface area contributed by atoms with Gasteiger partial charge in [-0.15, -0.1) is 0 Å². The molecule has 2 unspecified atom stereocenters. The first-order valence-corrected chi connectivity index (χ1v) is 6.84. The predicted octanol–water partition coefficient (Wildman–Crippen LogP) is 3.25. The number of halogens is 1. The third-order valence-corrected chi connectivity index (χ3v) is 4.26. The zero-order valence-electron chi connectivity index (χ0n) is 9.61. The van der Waals surface area contributed by atoms with Crippen molar-refractivity contribution in [3.05, 3.63) is 23.2 Å². The smallest absolute Gasteiger partial charge is 0.0660 e. The van der Waals surface area contributed by atoms with Crippen molar-refractivity contribution in [1.29, 1.82) is 0 Å². The molecule has 2 N–H and O–H groups in total. The summed E-state index contributed by atoms with van der Waals surface area (Å²) in [6, 6.07) is 5.76. The first kappa shape index (κ1) is 11.9. The van der Waals surface area contributed by atoms with Gasteiger partial charge in [-0.3, -0.25) is 0 Å². The van der Waals surface area contributed by atoms with Crippen LogP contribution in [0.15, 0.2) is 18.2 Å². The molecule has 1 aliphatic heterocycles. The Morgan fingerprint density at radius 2 is 1.94 bits per heavy atom. The van der Waals surface area contributed by atoms with Crippen LogP contribution in [0.3, 0.4) is 0 Å². The van der Waals surface area contributed by atoms with Gasteiger partial charge in [0.2, 0.25) is 0 Å². The van der Waals surface area contributed by atoms with E-state index in [2.05, 4.69) is 18.7 Å². The fourth-order valence-corrected chi connectivity index (χ4v) is 3.79. The van der Waals surface area contributed by atoms with Crippen molar-refractivity contribution in [3.8, 4) is 0 Å². The number of hydrogen-bond donors (Lipinski definition) is 1. The number of nitrogens with two attached hydrogens (primary N) is 1. The van der Waals surface area contributed by atoms with E-state index in [1.54, 1.807) is 0 Å². The maximum Gasteiger partial charge on any atom is 0.0660 e. The summed E-state index contributed by atoms with van der Waals surface area (Å²) < 4.78 is 0. The molecule has 2 atom stereocenters. The average molecular weight is 257 g/mol. The van der Waals surface area contributed by atoms with E-state index in [0.717, 1.165) is 29.5 Å². The summed E-state index contributed by atoms with van der Waals surface area (Å²) in [6.45, 7) is 6.63. The molecule has 0 radical (unpaired) electrons. The minimum atomic E-state index is 0.650. The highest BCUT2D eigenvalue weighted by Crippen LogP contribution is 2.33. The van der Waals surface area contributed by atoms with Crippen LogP contribution in [0.5, 0.6) is 0 Å². The van der Waals surface area contributed by atoms with Crippen LogP contribution >= 0.6 is 23.4 Å². The van der Waals surface area contributed by atoms with E-state index in [1.807, 2.05) is 30.0 Å². The molecule has 1 aromatic carbocycles. The normalized spacial score (nSPS) is 25.8. The third-order valence-electron chi connectivity index (χ3n) is 2.73. The van der Waals surface area contributed by atoms with Crippen LogP contribution in [0, 0.1) is 0 Å². The molecular weight excluding hydrogens is 240 g/mol.